The first kappa shape index (κ1) is 24.6. The molecule has 0 unspecified atom stereocenters. The fourth-order valence-electron chi connectivity index (χ4n) is 3.68. The summed E-state index contributed by atoms with van der Waals surface area (Å²) in [6, 6.07) is 8.65. The summed E-state index contributed by atoms with van der Waals surface area (Å²) in [5.74, 6) is -0.188. The van der Waals surface area contributed by atoms with Crippen LogP contribution in [0.5, 0.6) is 23.0 Å². The van der Waals surface area contributed by atoms with E-state index in [0.717, 1.165) is 11.1 Å². The van der Waals surface area contributed by atoms with Gasteiger partial charge in [0.25, 0.3) is 0 Å². The highest BCUT2D eigenvalue weighted by Crippen LogP contribution is 2.51. The van der Waals surface area contributed by atoms with E-state index in [0.29, 0.717) is 22.8 Å². The second-order valence-electron chi connectivity index (χ2n) is 7.45. The maximum absolute atomic E-state index is 11.6. The Balaban J connectivity index is 2.05. The van der Waals surface area contributed by atoms with Gasteiger partial charge in [0.15, 0.2) is 23.0 Å². The molecule has 0 bridgehead atoms. The van der Waals surface area contributed by atoms with Crippen LogP contribution >= 0.6 is 0 Å². The number of esters is 3. The van der Waals surface area contributed by atoms with Crippen molar-refractivity contribution in [3.05, 3.63) is 53.1 Å². The molecule has 1 aliphatic rings. The Labute approximate surface area is 197 Å². The van der Waals surface area contributed by atoms with Gasteiger partial charge in [-0.2, -0.15) is 0 Å². The summed E-state index contributed by atoms with van der Waals surface area (Å²) < 4.78 is 32.4. The van der Waals surface area contributed by atoms with Crippen LogP contribution in [0.3, 0.4) is 0 Å². The predicted molar refractivity (Wildman–Crippen MR) is 121 cm³/mol. The normalized spacial score (nSPS) is 16.4. The minimum atomic E-state index is -0.552. The molecule has 1 heterocycles. The fraction of sp³-hybridized carbons (Fsp3) is 0.320. The molecule has 2 aromatic rings. The monoisotopic (exact) mass is 470 g/mol. The van der Waals surface area contributed by atoms with Gasteiger partial charge in [-0.1, -0.05) is 6.07 Å². The molecule has 0 aromatic heterocycles. The number of rotatable bonds is 8. The quantitative estimate of drug-likeness (QED) is 0.325. The van der Waals surface area contributed by atoms with Gasteiger partial charge in [-0.25, -0.2) is 4.79 Å². The SMILES string of the molecule is COC(=O)/C=C/c1cc(OC)c2c(c1)[C@H](COC(C)=O)[C@@H](c1ccc(OC(C)=O)c(OC)c1)O2. The fourth-order valence-corrected chi connectivity index (χ4v) is 3.68. The van der Waals surface area contributed by atoms with Crippen molar-refractivity contribution < 1.29 is 42.8 Å². The summed E-state index contributed by atoms with van der Waals surface area (Å²) in [4.78, 5) is 34.5. The zero-order valence-electron chi connectivity index (χ0n) is 19.6. The van der Waals surface area contributed by atoms with Gasteiger partial charge in [0.2, 0.25) is 0 Å². The molecule has 0 spiro atoms. The summed E-state index contributed by atoms with van der Waals surface area (Å²) in [6.07, 6.45) is 2.35. The van der Waals surface area contributed by atoms with Gasteiger partial charge in [-0.15, -0.1) is 0 Å². The average molecular weight is 470 g/mol. The molecule has 0 saturated heterocycles. The molecular formula is C25H26O9. The largest absolute Gasteiger partial charge is 0.493 e. The van der Waals surface area contributed by atoms with Gasteiger partial charge in [-0.3, -0.25) is 9.59 Å². The molecule has 0 aliphatic carbocycles. The summed E-state index contributed by atoms with van der Waals surface area (Å²) in [7, 11) is 4.28. The summed E-state index contributed by atoms with van der Waals surface area (Å²) in [5, 5.41) is 0. The van der Waals surface area contributed by atoms with Crippen LogP contribution in [0.25, 0.3) is 6.08 Å². The van der Waals surface area contributed by atoms with E-state index in [9.17, 15) is 14.4 Å². The van der Waals surface area contributed by atoms with E-state index in [2.05, 4.69) is 4.74 Å². The lowest BCUT2D eigenvalue weighted by Crippen LogP contribution is -2.17. The molecule has 0 fully saturated rings. The first-order chi connectivity index (χ1) is 16.3. The summed E-state index contributed by atoms with van der Waals surface area (Å²) in [6.45, 7) is 2.69. The third kappa shape index (κ3) is 5.48. The molecule has 3 rings (SSSR count). The van der Waals surface area contributed by atoms with Crippen LogP contribution < -0.4 is 18.9 Å². The first-order valence-electron chi connectivity index (χ1n) is 10.4. The van der Waals surface area contributed by atoms with Crippen LogP contribution in [0.15, 0.2) is 36.4 Å². The van der Waals surface area contributed by atoms with E-state index in [1.165, 1.54) is 41.3 Å². The van der Waals surface area contributed by atoms with Crippen molar-refractivity contribution in [1.29, 1.82) is 0 Å². The van der Waals surface area contributed by atoms with Crippen LogP contribution in [0.1, 0.15) is 42.6 Å². The van der Waals surface area contributed by atoms with E-state index in [1.807, 2.05) is 6.07 Å². The molecule has 34 heavy (non-hydrogen) atoms. The molecule has 2 atom stereocenters. The van der Waals surface area contributed by atoms with Crippen molar-refractivity contribution in [2.75, 3.05) is 27.9 Å². The van der Waals surface area contributed by atoms with Crippen LogP contribution in [-0.2, 0) is 23.9 Å². The van der Waals surface area contributed by atoms with E-state index in [-0.39, 0.29) is 18.3 Å². The van der Waals surface area contributed by atoms with Crippen LogP contribution in [0.4, 0.5) is 0 Å². The van der Waals surface area contributed by atoms with E-state index in [1.54, 1.807) is 30.3 Å². The Morgan fingerprint density at radius 1 is 0.941 bits per heavy atom. The van der Waals surface area contributed by atoms with Gasteiger partial charge in [-0.05, 0) is 41.5 Å². The molecule has 0 radical (unpaired) electrons. The van der Waals surface area contributed by atoms with Crippen molar-refractivity contribution in [1.82, 2.24) is 0 Å². The highest BCUT2D eigenvalue weighted by atomic mass is 16.6. The third-order valence-electron chi connectivity index (χ3n) is 5.18. The molecule has 0 N–H and O–H groups in total. The highest BCUT2D eigenvalue weighted by molar-refractivity contribution is 5.87. The highest BCUT2D eigenvalue weighted by Gasteiger charge is 2.39. The zero-order chi connectivity index (χ0) is 24.8. The maximum atomic E-state index is 11.6. The van der Waals surface area contributed by atoms with Crippen molar-refractivity contribution in [2.24, 2.45) is 0 Å². The van der Waals surface area contributed by atoms with Crippen molar-refractivity contribution in [2.45, 2.75) is 25.9 Å². The number of hydrogen-bond acceptors (Lipinski definition) is 9. The standard InChI is InChI=1S/C25H26O9/c1-14(26)32-13-19-18-10-16(6-9-23(28)31-5)11-22(30-4)25(18)34-24(19)17-7-8-20(33-15(2)27)21(12-17)29-3/h6-12,19,24H,13H2,1-5H3/b9-6+/t19-,24+/m0/s1. The van der Waals surface area contributed by atoms with Gasteiger partial charge in [0.05, 0.1) is 27.2 Å². The second-order valence-corrected chi connectivity index (χ2v) is 7.45. The predicted octanol–water partition coefficient (Wildman–Crippen LogP) is 3.60. The van der Waals surface area contributed by atoms with Crippen LogP contribution in [0, 0.1) is 0 Å². The molecule has 180 valence electrons. The zero-order valence-corrected chi connectivity index (χ0v) is 19.6. The van der Waals surface area contributed by atoms with Crippen molar-refractivity contribution >= 4 is 24.0 Å². The number of hydrogen-bond donors (Lipinski definition) is 0. The van der Waals surface area contributed by atoms with E-state index in [4.69, 9.17) is 23.7 Å². The average Bonchev–Trinajstić information content (AvgIpc) is 3.18. The summed E-state index contributed by atoms with van der Waals surface area (Å²) in [5.41, 5.74) is 2.15. The lowest BCUT2D eigenvalue weighted by molar-refractivity contribution is -0.142. The third-order valence-corrected chi connectivity index (χ3v) is 5.18. The number of benzene rings is 2. The van der Waals surface area contributed by atoms with Gasteiger partial charge < -0.3 is 28.4 Å². The number of fused-ring (bicyclic) bond motifs is 1. The second kappa shape index (κ2) is 10.7. The Hall–Kier alpha value is -4.01. The van der Waals surface area contributed by atoms with Crippen LogP contribution in [-0.4, -0.2) is 45.8 Å². The number of carbonyl (C=O) groups is 3. The Morgan fingerprint density at radius 3 is 2.29 bits per heavy atom. The number of carbonyl (C=O) groups excluding carboxylic acids is 3. The van der Waals surface area contributed by atoms with Gasteiger partial charge in [0, 0.05) is 25.5 Å². The summed E-state index contributed by atoms with van der Waals surface area (Å²) >= 11 is 0. The minimum absolute atomic E-state index is 0.0499. The van der Waals surface area contributed by atoms with Crippen molar-refractivity contribution in [3.8, 4) is 23.0 Å². The minimum Gasteiger partial charge on any atom is -0.493 e. The molecule has 0 saturated carbocycles. The molecule has 0 amide bonds. The first-order valence-corrected chi connectivity index (χ1v) is 10.4. The molecule has 1 aliphatic heterocycles. The smallest absolute Gasteiger partial charge is 0.330 e. The molecule has 9 heteroatoms. The molecular weight excluding hydrogens is 444 g/mol. The van der Waals surface area contributed by atoms with Crippen LogP contribution in [0.2, 0.25) is 0 Å². The molecule has 2 aromatic carbocycles. The topological polar surface area (TPSA) is 107 Å². The lowest BCUT2D eigenvalue weighted by atomic mass is 9.90. The lowest BCUT2D eigenvalue weighted by Gasteiger charge is -2.20. The Kier molecular flexibility index (Phi) is 7.78. The van der Waals surface area contributed by atoms with Crippen molar-refractivity contribution in [3.63, 3.8) is 0 Å². The number of ether oxygens (including phenoxy) is 6. The number of methoxy groups -OCH3 is 3. The van der Waals surface area contributed by atoms with Gasteiger partial charge in [0.1, 0.15) is 12.7 Å². The molecule has 9 nitrogen and oxygen atoms in total. The Morgan fingerprint density at radius 2 is 1.68 bits per heavy atom. The maximum Gasteiger partial charge on any atom is 0.330 e. The van der Waals surface area contributed by atoms with E-state index < -0.39 is 24.0 Å². The Bertz CT molecular complexity index is 1120. The van der Waals surface area contributed by atoms with E-state index >= 15 is 0 Å². The van der Waals surface area contributed by atoms with Gasteiger partial charge >= 0.3 is 17.9 Å².